The van der Waals surface area contributed by atoms with Gasteiger partial charge < -0.3 is 10.4 Å². The van der Waals surface area contributed by atoms with Crippen LogP contribution in [0, 0.1) is 5.92 Å². The second kappa shape index (κ2) is 8.54. The van der Waals surface area contributed by atoms with E-state index in [1.54, 1.807) is 0 Å². The van der Waals surface area contributed by atoms with Crippen LogP contribution in [0.4, 0.5) is 0 Å². The molecule has 0 radical (unpaired) electrons. The fourth-order valence-electron chi connectivity index (χ4n) is 1.38. The van der Waals surface area contributed by atoms with Gasteiger partial charge in [-0.1, -0.05) is 49.9 Å². The van der Waals surface area contributed by atoms with Gasteiger partial charge in [0.1, 0.15) is 0 Å². The molecule has 0 spiro atoms. The van der Waals surface area contributed by atoms with Crippen LogP contribution < -0.4 is 5.32 Å². The van der Waals surface area contributed by atoms with Crippen LogP contribution in [-0.4, -0.2) is 24.3 Å². The molecule has 0 aromatic heterocycles. The van der Waals surface area contributed by atoms with Crippen LogP contribution in [0.3, 0.4) is 0 Å². The van der Waals surface area contributed by atoms with Crippen molar-refractivity contribution in [3.63, 3.8) is 0 Å². The molecule has 0 saturated heterocycles. The third-order valence-electron chi connectivity index (χ3n) is 2.36. The van der Waals surface area contributed by atoms with E-state index >= 15 is 0 Å². The van der Waals surface area contributed by atoms with Crippen molar-refractivity contribution < 1.29 is 5.11 Å². The lowest BCUT2D eigenvalue weighted by atomic mass is 9.97. The van der Waals surface area contributed by atoms with Gasteiger partial charge in [0.15, 0.2) is 0 Å². The summed E-state index contributed by atoms with van der Waals surface area (Å²) in [4.78, 5) is 0. The SMILES string of the molecule is CCC(CC)C(O)CNCC(Cl)=CCl. The first-order valence-corrected chi connectivity index (χ1v) is 5.80. The lowest BCUT2D eigenvalue weighted by molar-refractivity contribution is 0.102. The molecule has 0 bridgehead atoms. The first kappa shape index (κ1) is 14.2. The molecule has 0 aliphatic rings. The summed E-state index contributed by atoms with van der Waals surface area (Å²) in [6, 6.07) is 0. The van der Waals surface area contributed by atoms with Gasteiger partial charge in [-0.05, 0) is 5.92 Å². The molecule has 0 aliphatic carbocycles. The Morgan fingerprint density at radius 3 is 2.43 bits per heavy atom. The molecule has 0 amide bonds. The Hall–Kier alpha value is 0.240. The molecule has 0 aromatic carbocycles. The van der Waals surface area contributed by atoms with Gasteiger partial charge in [-0.25, -0.2) is 0 Å². The molecular weight excluding hydrogens is 221 g/mol. The van der Waals surface area contributed by atoms with E-state index in [1.165, 1.54) is 5.54 Å². The Morgan fingerprint density at radius 1 is 1.43 bits per heavy atom. The van der Waals surface area contributed by atoms with Gasteiger partial charge in [-0.3, -0.25) is 0 Å². The summed E-state index contributed by atoms with van der Waals surface area (Å²) in [5.74, 6) is 0.362. The zero-order chi connectivity index (χ0) is 11.0. The number of hydrogen-bond acceptors (Lipinski definition) is 2. The third-order valence-corrected chi connectivity index (χ3v) is 2.98. The molecule has 2 nitrogen and oxygen atoms in total. The van der Waals surface area contributed by atoms with E-state index in [4.69, 9.17) is 23.2 Å². The Kier molecular flexibility index (Phi) is 8.69. The standard InChI is InChI=1S/C10H19Cl2NO/c1-3-8(4-2)10(14)7-13-6-9(12)5-11/h5,8,10,13-14H,3-4,6-7H2,1-2H3. The molecule has 2 N–H and O–H groups in total. The van der Waals surface area contributed by atoms with Crippen molar-refractivity contribution in [1.82, 2.24) is 5.32 Å². The van der Waals surface area contributed by atoms with Crippen LogP contribution in [0.25, 0.3) is 0 Å². The van der Waals surface area contributed by atoms with Crippen LogP contribution in [0.1, 0.15) is 26.7 Å². The minimum atomic E-state index is -0.301. The minimum absolute atomic E-state index is 0.301. The van der Waals surface area contributed by atoms with E-state index in [1.807, 2.05) is 0 Å². The summed E-state index contributed by atoms with van der Waals surface area (Å²) in [5.41, 5.74) is 1.33. The Balaban J connectivity index is 3.67. The highest BCUT2D eigenvalue weighted by Gasteiger charge is 2.14. The number of nitrogens with one attached hydrogen (secondary N) is 1. The Bertz CT molecular complexity index is 170. The normalized spacial score (nSPS) is 14.9. The van der Waals surface area contributed by atoms with Crippen molar-refractivity contribution in [3.05, 3.63) is 10.6 Å². The number of rotatable bonds is 7. The van der Waals surface area contributed by atoms with Crippen LogP contribution >= 0.6 is 23.2 Å². The molecule has 0 rings (SSSR count). The van der Waals surface area contributed by atoms with Gasteiger partial charge in [0.05, 0.1) is 6.10 Å². The van der Waals surface area contributed by atoms with Crippen LogP contribution in [0.15, 0.2) is 10.6 Å². The zero-order valence-corrected chi connectivity index (χ0v) is 10.3. The van der Waals surface area contributed by atoms with E-state index in [-0.39, 0.29) is 6.10 Å². The molecule has 0 aliphatic heterocycles. The highest BCUT2D eigenvalue weighted by molar-refractivity contribution is 6.36. The van der Waals surface area contributed by atoms with E-state index < -0.39 is 0 Å². The molecule has 14 heavy (non-hydrogen) atoms. The highest BCUT2D eigenvalue weighted by atomic mass is 35.5. The highest BCUT2D eigenvalue weighted by Crippen LogP contribution is 2.12. The maximum absolute atomic E-state index is 9.74. The molecule has 1 atom stereocenters. The quantitative estimate of drug-likeness (QED) is 0.717. The van der Waals surface area contributed by atoms with Crippen LogP contribution in [0.2, 0.25) is 0 Å². The lowest BCUT2D eigenvalue weighted by Gasteiger charge is -2.20. The van der Waals surface area contributed by atoms with E-state index in [2.05, 4.69) is 19.2 Å². The van der Waals surface area contributed by atoms with Crippen LogP contribution in [0.5, 0.6) is 0 Å². The second-order valence-corrected chi connectivity index (χ2v) is 4.03. The predicted octanol–water partition coefficient (Wildman–Crippen LogP) is 2.69. The summed E-state index contributed by atoms with van der Waals surface area (Å²) < 4.78 is 0. The topological polar surface area (TPSA) is 32.3 Å². The number of aliphatic hydroxyl groups excluding tert-OH is 1. The first-order chi connectivity index (χ1) is 6.65. The fraction of sp³-hybridized carbons (Fsp3) is 0.800. The molecule has 0 saturated carbocycles. The predicted molar refractivity (Wildman–Crippen MR) is 62.7 cm³/mol. The summed E-state index contributed by atoms with van der Waals surface area (Å²) in [6.07, 6.45) is 1.70. The van der Waals surface area contributed by atoms with Gasteiger partial charge in [0.25, 0.3) is 0 Å². The van der Waals surface area contributed by atoms with Crippen LogP contribution in [-0.2, 0) is 0 Å². The largest absolute Gasteiger partial charge is 0.392 e. The second-order valence-electron chi connectivity index (χ2n) is 3.33. The fourth-order valence-corrected chi connectivity index (χ4v) is 1.55. The molecule has 1 unspecified atom stereocenters. The van der Waals surface area contributed by atoms with Crippen molar-refractivity contribution in [2.75, 3.05) is 13.1 Å². The maximum Gasteiger partial charge on any atom is 0.0692 e. The van der Waals surface area contributed by atoms with Crippen molar-refractivity contribution >= 4 is 23.2 Å². The van der Waals surface area contributed by atoms with Gasteiger partial charge in [-0.15, -0.1) is 0 Å². The van der Waals surface area contributed by atoms with Gasteiger partial charge >= 0.3 is 0 Å². The Labute approximate surface area is 96.3 Å². The molecule has 0 aromatic rings. The van der Waals surface area contributed by atoms with E-state index in [0.29, 0.717) is 24.0 Å². The molecule has 4 heteroatoms. The maximum atomic E-state index is 9.74. The number of aliphatic hydroxyl groups is 1. The van der Waals surface area contributed by atoms with Gasteiger partial charge in [0, 0.05) is 23.7 Å². The minimum Gasteiger partial charge on any atom is -0.392 e. The average molecular weight is 240 g/mol. The smallest absolute Gasteiger partial charge is 0.0692 e. The molecule has 84 valence electrons. The van der Waals surface area contributed by atoms with Crippen molar-refractivity contribution in [3.8, 4) is 0 Å². The summed E-state index contributed by atoms with van der Waals surface area (Å²) >= 11 is 11.1. The molecule has 0 fully saturated rings. The first-order valence-electron chi connectivity index (χ1n) is 4.99. The van der Waals surface area contributed by atoms with E-state index in [9.17, 15) is 5.11 Å². The molecule has 0 heterocycles. The molecular formula is C10H19Cl2NO. The Morgan fingerprint density at radius 2 is 2.00 bits per heavy atom. The van der Waals surface area contributed by atoms with Gasteiger partial charge in [-0.2, -0.15) is 0 Å². The summed E-state index contributed by atoms with van der Waals surface area (Å²) in [5, 5.41) is 13.3. The van der Waals surface area contributed by atoms with Crippen molar-refractivity contribution in [2.45, 2.75) is 32.8 Å². The van der Waals surface area contributed by atoms with Crippen molar-refractivity contribution in [1.29, 1.82) is 0 Å². The lowest BCUT2D eigenvalue weighted by Crippen LogP contribution is -2.33. The average Bonchev–Trinajstić information content (AvgIpc) is 2.19. The summed E-state index contributed by atoms with van der Waals surface area (Å²) in [7, 11) is 0. The number of hydrogen-bond donors (Lipinski definition) is 2. The van der Waals surface area contributed by atoms with Gasteiger partial charge in [0.2, 0.25) is 0 Å². The summed E-state index contributed by atoms with van der Waals surface area (Å²) in [6.45, 7) is 5.25. The third kappa shape index (κ3) is 5.86. The number of halogens is 2. The monoisotopic (exact) mass is 239 g/mol. The zero-order valence-electron chi connectivity index (χ0n) is 8.76. The van der Waals surface area contributed by atoms with E-state index in [0.717, 1.165) is 12.8 Å². The van der Waals surface area contributed by atoms with Crippen molar-refractivity contribution in [2.24, 2.45) is 5.92 Å².